The maximum Gasteiger partial charge on any atom is 0.324 e. The molecule has 1 aromatic carbocycles. The number of nitrogens with one attached hydrogen (secondary N) is 2. The van der Waals surface area contributed by atoms with Crippen molar-refractivity contribution in [1.82, 2.24) is 40.1 Å². The summed E-state index contributed by atoms with van der Waals surface area (Å²) in [5.41, 5.74) is 9.60. The molecular weight excluding hydrogens is 705 g/mol. The van der Waals surface area contributed by atoms with Gasteiger partial charge in [-0.25, -0.2) is 15.2 Å². The molecule has 5 atom stereocenters. The lowest BCUT2D eigenvalue weighted by atomic mass is 9.67. The summed E-state index contributed by atoms with van der Waals surface area (Å²) < 4.78 is 14.9. The van der Waals surface area contributed by atoms with Crippen molar-refractivity contribution in [2.45, 2.75) is 83.6 Å². The van der Waals surface area contributed by atoms with Gasteiger partial charge in [-0.05, 0) is 63.6 Å². The number of pyridine rings is 1. The number of fused-ring (bicyclic) bond motifs is 8. The number of aryl methyl sites for hydroxylation is 1. The number of hydrazine groups is 1. The van der Waals surface area contributed by atoms with Crippen molar-refractivity contribution in [3.63, 3.8) is 0 Å². The second kappa shape index (κ2) is 14.4. The van der Waals surface area contributed by atoms with Crippen LogP contribution in [0.3, 0.4) is 0 Å². The number of esters is 1. The molecule has 2 fully saturated rings. The van der Waals surface area contributed by atoms with Gasteiger partial charge in [-0.1, -0.05) is 19.9 Å². The molecule has 4 aliphatic rings. The van der Waals surface area contributed by atoms with Crippen LogP contribution in [-0.4, -0.2) is 112 Å². The Kier molecular flexibility index (Phi) is 9.74. The molecule has 4 aromatic rings. The summed E-state index contributed by atoms with van der Waals surface area (Å²) in [6.07, 6.45) is 2.76. The molecule has 1 unspecified atom stereocenters. The summed E-state index contributed by atoms with van der Waals surface area (Å²) in [6.45, 7) is 11.8. The van der Waals surface area contributed by atoms with Gasteiger partial charge in [0, 0.05) is 97.2 Å². The van der Waals surface area contributed by atoms with Crippen molar-refractivity contribution in [2.75, 3.05) is 46.9 Å². The molecular formula is C40H50N8O5S. The minimum absolute atomic E-state index is 0.00668. The molecule has 6 bridgehead atoms. The fourth-order valence-electron chi connectivity index (χ4n) is 9.01. The van der Waals surface area contributed by atoms with Crippen LogP contribution in [0, 0.1) is 5.41 Å². The molecule has 3 aromatic heterocycles. The number of thiazole rings is 1. The number of benzene rings is 1. The monoisotopic (exact) mass is 754 g/mol. The second-order valence-electron chi connectivity index (χ2n) is 15.9. The van der Waals surface area contributed by atoms with E-state index in [1.54, 1.807) is 12.0 Å². The van der Waals surface area contributed by atoms with Crippen molar-refractivity contribution in [3.8, 4) is 22.5 Å². The van der Waals surface area contributed by atoms with Crippen molar-refractivity contribution in [2.24, 2.45) is 5.41 Å². The number of likely N-dealkylation sites (N-methyl/N-ethyl adjacent to an activating group) is 1. The number of carbonyl (C=O) groups is 3. The van der Waals surface area contributed by atoms with Gasteiger partial charge in [-0.2, -0.15) is 0 Å². The van der Waals surface area contributed by atoms with E-state index in [1.165, 1.54) is 16.3 Å². The highest BCUT2D eigenvalue weighted by Gasteiger charge is 2.47. The third kappa shape index (κ3) is 6.36. The Bertz CT molecular complexity index is 2090. The van der Waals surface area contributed by atoms with E-state index < -0.39 is 23.5 Å². The van der Waals surface area contributed by atoms with Gasteiger partial charge >= 0.3 is 12.0 Å². The number of rotatable bonds is 3. The van der Waals surface area contributed by atoms with Gasteiger partial charge < -0.3 is 29.2 Å². The van der Waals surface area contributed by atoms with Crippen molar-refractivity contribution in [3.05, 3.63) is 58.2 Å². The van der Waals surface area contributed by atoms with Crippen LogP contribution in [0.25, 0.3) is 33.4 Å². The molecule has 14 heteroatoms. The molecule has 2 saturated heterocycles. The van der Waals surface area contributed by atoms with Gasteiger partial charge in [0.1, 0.15) is 18.2 Å². The first-order valence-electron chi connectivity index (χ1n) is 19.1. The summed E-state index contributed by atoms with van der Waals surface area (Å²) in [6, 6.07) is 8.68. The van der Waals surface area contributed by atoms with Crippen LogP contribution in [-0.2, 0) is 32.0 Å². The largest absolute Gasteiger partial charge is 0.464 e. The van der Waals surface area contributed by atoms with E-state index in [9.17, 15) is 14.4 Å². The predicted molar refractivity (Wildman–Crippen MR) is 207 cm³/mol. The average Bonchev–Trinajstić information content (AvgIpc) is 3.77. The highest BCUT2D eigenvalue weighted by molar-refractivity contribution is 7.10. The lowest BCUT2D eigenvalue weighted by Crippen LogP contribution is -2.62. The number of urea groups is 1. The summed E-state index contributed by atoms with van der Waals surface area (Å²) in [5, 5.41) is 8.40. The third-order valence-corrected chi connectivity index (χ3v) is 12.6. The van der Waals surface area contributed by atoms with Crippen LogP contribution >= 0.6 is 11.3 Å². The maximum absolute atomic E-state index is 14.3. The van der Waals surface area contributed by atoms with Crippen LogP contribution < -0.4 is 10.7 Å². The Morgan fingerprint density at radius 1 is 1.19 bits per heavy atom. The van der Waals surface area contributed by atoms with Gasteiger partial charge in [0.2, 0.25) is 0 Å². The molecule has 286 valence electrons. The number of cyclic esters (lactones) is 1. The topological polar surface area (TPSA) is 134 Å². The number of ether oxygens (including phenoxy) is 2. The molecule has 0 saturated carbocycles. The van der Waals surface area contributed by atoms with Crippen LogP contribution in [0.2, 0.25) is 0 Å². The molecule has 1 aliphatic carbocycles. The minimum Gasteiger partial charge on any atom is -0.464 e. The molecule has 13 nitrogen and oxygen atoms in total. The highest BCUT2D eigenvalue weighted by atomic mass is 32.1. The van der Waals surface area contributed by atoms with Gasteiger partial charge in [-0.15, -0.1) is 11.3 Å². The van der Waals surface area contributed by atoms with E-state index in [4.69, 9.17) is 19.4 Å². The van der Waals surface area contributed by atoms with Gasteiger partial charge in [-0.3, -0.25) is 19.6 Å². The highest BCUT2D eigenvalue weighted by Crippen LogP contribution is 2.57. The summed E-state index contributed by atoms with van der Waals surface area (Å²) in [7, 11) is 3.77. The van der Waals surface area contributed by atoms with E-state index in [2.05, 4.69) is 65.2 Å². The zero-order chi connectivity index (χ0) is 37.9. The number of piperazine rings is 1. The Labute approximate surface area is 320 Å². The Morgan fingerprint density at radius 2 is 2.02 bits per heavy atom. The van der Waals surface area contributed by atoms with Crippen LogP contribution in [0.5, 0.6) is 0 Å². The number of hydrogen-bond donors (Lipinski definition) is 2. The zero-order valence-electron chi connectivity index (χ0n) is 31.9. The van der Waals surface area contributed by atoms with Crippen molar-refractivity contribution < 1.29 is 23.9 Å². The van der Waals surface area contributed by atoms with Crippen molar-refractivity contribution >= 4 is 40.1 Å². The maximum atomic E-state index is 14.3. The van der Waals surface area contributed by atoms with E-state index in [0.29, 0.717) is 25.9 Å². The number of nitrogens with zero attached hydrogens (tertiary/aromatic N) is 6. The summed E-state index contributed by atoms with van der Waals surface area (Å²) >= 11 is 1.48. The Hall–Kier alpha value is -4.37. The van der Waals surface area contributed by atoms with Gasteiger partial charge in [0.05, 0.1) is 28.7 Å². The van der Waals surface area contributed by atoms with Crippen molar-refractivity contribution in [1.29, 1.82) is 0 Å². The molecule has 54 heavy (non-hydrogen) atoms. The number of carbonyl (C=O) groups excluding carboxylic acids is 3. The number of methoxy groups -OCH3 is 1. The lowest BCUT2D eigenvalue weighted by molar-refractivity contribution is -0.156. The lowest BCUT2D eigenvalue weighted by Gasteiger charge is -2.42. The van der Waals surface area contributed by atoms with Crippen LogP contribution in [0.1, 0.15) is 68.8 Å². The molecule has 6 heterocycles. The summed E-state index contributed by atoms with van der Waals surface area (Å²) in [5.74, 6) is -0.940. The van der Waals surface area contributed by atoms with Crippen LogP contribution in [0.4, 0.5) is 4.79 Å². The second-order valence-corrected chi connectivity index (χ2v) is 16.8. The SMILES string of the molecule is CCn1c2c3c4cc(ccc41)-c1csc(n1)C[C@H](NC(=O)N1CCN(C)C[C@@H]1C)C(=O)N1CCC[C@H](N1)C(=O)OCC(C)(C)C3[C@H](OC)c1ncccc1-2. The van der Waals surface area contributed by atoms with Gasteiger partial charge in [0.15, 0.2) is 0 Å². The molecule has 8 rings (SSSR count). The number of hydrogen-bond acceptors (Lipinski definition) is 10. The normalized spacial score (nSPS) is 25.9. The fourth-order valence-corrected chi connectivity index (χ4v) is 9.86. The molecule has 0 radical (unpaired) electrons. The Balaban J connectivity index is 1.24. The van der Waals surface area contributed by atoms with E-state index in [1.807, 2.05) is 31.6 Å². The third-order valence-electron chi connectivity index (χ3n) is 11.7. The average molecular weight is 755 g/mol. The quantitative estimate of drug-likeness (QED) is 0.279. The smallest absolute Gasteiger partial charge is 0.324 e. The Morgan fingerprint density at radius 3 is 2.80 bits per heavy atom. The van der Waals surface area contributed by atoms with E-state index >= 15 is 0 Å². The molecule has 0 spiro atoms. The minimum atomic E-state index is -0.892. The first-order chi connectivity index (χ1) is 26.0. The first kappa shape index (κ1) is 36.6. The number of aromatic nitrogens is 3. The van der Waals surface area contributed by atoms with E-state index in [0.717, 1.165) is 69.3 Å². The zero-order valence-corrected chi connectivity index (χ0v) is 32.7. The fraction of sp³-hybridized carbons (Fsp3) is 0.525. The van der Waals surface area contributed by atoms with Crippen LogP contribution in [0.15, 0.2) is 41.9 Å². The van der Waals surface area contributed by atoms with E-state index in [-0.39, 0.29) is 43.0 Å². The van der Waals surface area contributed by atoms with Gasteiger partial charge in [0.25, 0.3) is 5.91 Å². The molecule has 3 aliphatic heterocycles. The number of amides is 3. The molecule has 2 N–H and O–H groups in total. The standard InChI is InChI=1S/C40H50N8O5S/c1-7-46-30-13-12-24-18-26(30)32-33(36(52-6)34-25(35(32)46)10-8-14-41-34)40(3,4)22-53-38(50)27-11-9-15-48(44-27)37(49)28(19-31-42-29(24)21-54-31)43-39(51)47-17-16-45(5)20-23(47)2/h8,10,12-14,18,21,23,27-28,33,36,44H,7,9,11,15-17,19-20,22H2,1-6H3,(H,43,51)/t23-,27-,28-,33?,36-/m0/s1. The first-order valence-corrected chi connectivity index (χ1v) is 20.0. The predicted octanol–water partition coefficient (Wildman–Crippen LogP) is 4.97. The molecule has 3 amide bonds. The summed E-state index contributed by atoms with van der Waals surface area (Å²) in [4.78, 5) is 55.9.